The van der Waals surface area contributed by atoms with Gasteiger partial charge in [0.25, 0.3) is 10.1 Å². The lowest BCUT2D eigenvalue weighted by Gasteiger charge is -2.42. The van der Waals surface area contributed by atoms with Gasteiger partial charge in [-0.15, -0.1) is 0 Å². The molecular weight excluding hydrogens is 469 g/mol. The summed E-state index contributed by atoms with van der Waals surface area (Å²) in [7, 11) is 0.770. The molecule has 0 aliphatic carbocycles. The summed E-state index contributed by atoms with van der Waals surface area (Å²) < 4.78 is 48.0. The molecule has 13 heteroatoms. The molecule has 0 spiro atoms. The third-order valence-electron chi connectivity index (χ3n) is 6.58. The molecular formula is C21H30FN5O6S. The number of hydrogen-bond donors (Lipinski definition) is 0. The van der Waals surface area contributed by atoms with Crippen molar-refractivity contribution in [3.05, 3.63) is 24.0 Å². The van der Waals surface area contributed by atoms with Crippen molar-refractivity contribution >= 4 is 33.6 Å². The number of amides is 3. The minimum absolute atomic E-state index is 0.0161. The standard InChI is InChI=1S/C21H30FN5O6S/c1-14-8-25(10-19(14)26-12-23(2)20(28)24(3)13-26)18-6-5-15(7-17(18)22)27-9-16(33-21(27)29)11-34(30,31)32-4/h5-7,14,16,19H,8-13H2,1-4H3/t14-,16+,19+/m0/s1. The number of nitrogens with zero attached hydrogens (tertiary/aromatic N) is 5. The van der Waals surface area contributed by atoms with Crippen molar-refractivity contribution in [2.24, 2.45) is 5.92 Å². The maximum atomic E-state index is 15.2. The van der Waals surface area contributed by atoms with Crippen LogP contribution < -0.4 is 9.80 Å². The molecule has 3 heterocycles. The number of cyclic esters (lactones) is 1. The largest absolute Gasteiger partial charge is 0.443 e. The zero-order chi connectivity index (χ0) is 24.8. The van der Waals surface area contributed by atoms with Crippen molar-refractivity contribution in [1.29, 1.82) is 0 Å². The van der Waals surface area contributed by atoms with Crippen LogP contribution in [-0.4, -0.2) is 107 Å². The second-order valence-electron chi connectivity index (χ2n) is 9.14. The lowest BCUT2D eigenvalue weighted by Crippen LogP contribution is -2.59. The molecule has 3 saturated heterocycles. The van der Waals surface area contributed by atoms with E-state index in [0.29, 0.717) is 37.8 Å². The molecule has 188 valence electrons. The van der Waals surface area contributed by atoms with E-state index < -0.39 is 33.9 Å². The van der Waals surface area contributed by atoms with E-state index in [-0.39, 0.29) is 24.5 Å². The zero-order valence-electron chi connectivity index (χ0n) is 19.7. The fraction of sp³-hybridized carbons (Fsp3) is 0.619. The van der Waals surface area contributed by atoms with Crippen LogP contribution in [0.2, 0.25) is 0 Å². The lowest BCUT2D eigenvalue weighted by molar-refractivity contribution is 0.0233. The quantitative estimate of drug-likeness (QED) is 0.538. The maximum Gasteiger partial charge on any atom is 0.414 e. The topological polar surface area (TPSA) is 103 Å². The summed E-state index contributed by atoms with van der Waals surface area (Å²) in [6, 6.07) is 4.65. The van der Waals surface area contributed by atoms with Gasteiger partial charge in [0.15, 0.2) is 0 Å². The van der Waals surface area contributed by atoms with Gasteiger partial charge in [-0.3, -0.25) is 14.0 Å². The average Bonchev–Trinajstić information content (AvgIpc) is 3.33. The highest BCUT2D eigenvalue weighted by molar-refractivity contribution is 7.86. The molecule has 3 aliphatic heterocycles. The lowest BCUT2D eigenvalue weighted by atomic mass is 10.1. The number of benzene rings is 1. The number of hydrogen-bond acceptors (Lipinski definition) is 8. The maximum absolute atomic E-state index is 15.2. The summed E-state index contributed by atoms with van der Waals surface area (Å²) in [6.45, 7) is 4.39. The predicted molar refractivity (Wildman–Crippen MR) is 122 cm³/mol. The minimum Gasteiger partial charge on any atom is -0.443 e. The van der Waals surface area contributed by atoms with E-state index >= 15 is 4.39 Å². The third kappa shape index (κ3) is 4.77. The number of anilines is 2. The first kappa shape index (κ1) is 24.5. The van der Waals surface area contributed by atoms with Gasteiger partial charge >= 0.3 is 12.1 Å². The summed E-state index contributed by atoms with van der Waals surface area (Å²) in [4.78, 5) is 33.0. The van der Waals surface area contributed by atoms with E-state index in [2.05, 4.69) is 16.0 Å². The molecule has 11 nitrogen and oxygen atoms in total. The van der Waals surface area contributed by atoms with E-state index in [1.807, 2.05) is 4.90 Å². The Morgan fingerprint density at radius 1 is 1.12 bits per heavy atom. The second kappa shape index (κ2) is 9.19. The fourth-order valence-electron chi connectivity index (χ4n) is 4.87. The summed E-state index contributed by atoms with van der Waals surface area (Å²) in [5.41, 5.74) is 0.726. The summed E-state index contributed by atoms with van der Waals surface area (Å²) in [6.07, 6.45) is -1.63. The number of urea groups is 1. The van der Waals surface area contributed by atoms with Crippen molar-refractivity contribution < 1.29 is 31.3 Å². The molecule has 1 aromatic carbocycles. The number of ether oxygens (including phenoxy) is 1. The minimum atomic E-state index is -3.80. The van der Waals surface area contributed by atoms with Gasteiger partial charge in [0.1, 0.15) is 17.7 Å². The van der Waals surface area contributed by atoms with Gasteiger partial charge in [0, 0.05) is 33.2 Å². The molecule has 4 rings (SSSR count). The molecule has 3 aliphatic rings. The van der Waals surface area contributed by atoms with E-state index in [1.165, 1.54) is 11.0 Å². The summed E-state index contributed by atoms with van der Waals surface area (Å²) >= 11 is 0. The fourth-order valence-corrected chi connectivity index (χ4v) is 5.63. The molecule has 0 unspecified atom stereocenters. The first-order valence-corrected chi connectivity index (χ1v) is 12.6. The van der Waals surface area contributed by atoms with Crippen LogP contribution in [0, 0.1) is 11.7 Å². The van der Waals surface area contributed by atoms with Crippen LogP contribution in [0.3, 0.4) is 0 Å². The van der Waals surface area contributed by atoms with Gasteiger partial charge < -0.3 is 19.4 Å². The highest BCUT2D eigenvalue weighted by atomic mass is 32.2. The molecule has 0 bridgehead atoms. The van der Waals surface area contributed by atoms with Gasteiger partial charge in [0.2, 0.25) is 0 Å². The van der Waals surface area contributed by atoms with Crippen molar-refractivity contribution in [3.63, 3.8) is 0 Å². The number of rotatable bonds is 6. The Labute approximate surface area is 198 Å². The Balaban J connectivity index is 1.45. The molecule has 0 saturated carbocycles. The van der Waals surface area contributed by atoms with Crippen molar-refractivity contribution in [1.82, 2.24) is 14.7 Å². The highest BCUT2D eigenvalue weighted by Crippen LogP contribution is 2.33. The van der Waals surface area contributed by atoms with Crippen LogP contribution in [0.4, 0.5) is 25.4 Å². The van der Waals surface area contributed by atoms with Gasteiger partial charge in [0.05, 0.1) is 38.4 Å². The summed E-state index contributed by atoms with van der Waals surface area (Å²) in [5, 5.41) is 0. The third-order valence-corrected chi connectivity index (χ3v) is 7.87. The Morgan fingerprint density at radius 3 is 2.41 bits per heavy atom. The van der Waals surface area contributed by atoms with E-state index in [0.717, 1.165) is 7.11 Å². The Morgan fingerprint density at radius 2 is 1.79 bits per heavy atom. The number of carbonyl (C=O) groups is 2. The van der Waals surface area contributed by atoms with Crippen LogP contribution >= 0.6 is 0 Å². The van der Waals surface area contributed by atoms with Crippen LogP contribution in [-0.2, 0) is 19.0 Å². The van der Waals surface area contributed by atoms with Crippen LogP contribution in [0.15, 0.2) is 18.2 Å². The van der Waals surface area contributed by atoms with Crippen LogP contribution in [0.25, 0.3) is 0 Å². The molecule has 0 aromatic heterocycles. The van der Waals surface area contributed by atoms with Gasteiger partial charge in [-0.05, 0) is 24.1 Å². The monoisotopic (exact) mass is 499 g/mol. The predicted octanol–water partition coefficient (Wildman–Crippen LogP) is 1.17. The molecule has 1 aromatic rings. The molecule has 3 atom stereocenters. The number of halogens is 1. The van der Waals surface area contributed by atoms with Crippen molar-refractivity contribution in [2.75, 3.05) is 69.7 Å². The van der Waals surface area contributed by atoms with Crippen LogP contribution in [0.5, 0.6) is 0 Å². The van der Waals surface area contributed by atoms with Crippen molar-refractivity contribution in [3.8, 4) is 0 Å². The highest BCUT2D eigenvalue weighted by Gasteiger charge is 2.39. The first-order valence-electron chi connectivity index (χ1n) is 11.0. The number of carbonyl (C=O) groups excluding carboxylic acids is 2. The Kier molecular flexibility index (Phi) is 6.62. The molecule has 3 amide bonds. The SMILES string of the molecule is COS(=O)(=O)C[C@H]1CN(c2ccc(N3C[C@@H](N4CN(C)C(=O)N(C)C4)[C@@H](C)C3)c(F)c2)C(=O)O1. The first-order chi connectivity index (χ1) is 16.0. The Bertz CT molecular complexity index is 1060. The van der Waals surface area contributed by atoms with E-state index in [1.54, 1.807) is 36.0 Å². The van der Waals surface area contributed by atoms with Gasteiger partial charge in [-0.1, -0.05) is 6.92 Å². The van der Waals surface area contributed by atoms with Gasteiger partial charge in [-0.25, -0.2) is 14.0 Å². The second-order valence-corrected chi connectivity index (χ2v) is 10.9. The zero-order valence-corrected chi connectivity index (χ0v) is 20.5. The molecule has 3 fully saturated rings. The average molecular weight is 500 g/mol. The van der Waals surface area contributed by atoms with Gasteiger partial charge in [-0.2, -0.15) is 8.42 Å². The summed E-state index contributed by atoms with van der Waals surface area (Å²) in [5.74, 6) is -0.688. The van der Waals surface area contributed by atoms with Crippen LogP contribution in [0.1, 0.15) is 6.92 Å². The Hall–Kier alpha value is -2.64. The molecule has 0 radical (unpaired) electrons. The normalized spacial score (nSPS) is 26.6. The van der Waals surface area contributed by atoms with Crippen molar-refractivity contribution in [2.45, 2.75) is 19.1 Å². The molecule has 34 heavy (non-hydrogen) atoms. The van der Waals surface area contributed by atoms with E-state index in [9.17, 15) is 18.0 Å². The van der Waals surface area contributed by atoms with E-state index in [4.69, 9.17) is 4.74 Å². The smallest absolute Gasteiger partial charge is 0.414 e. The molecule has 0 N–H and O–H groups in total.